The largest absolute Gasteiger partial charge is 0.534 e. The summed E-state index contributed by atoms with van der Waals surface area (Å²) >= 11 is 7.05. The first-order valence-electron chi connectivity index (χ1n) is 6.90. The van der Waals surface area contributed by atoms with Crippen LogP contribution < -0.4 is 4.18 Å². The average molecular weight is 424 g/mol. The summed E-state index contributed by atoms with van der Waals surface area (Å²) in [6, 6.07) is 2.90. The number of pyridine rings is 1. The Morgan fingerprint density at radius 1 is 1.23 bits per heavy atom. The maximum Gasteiger partial charge on any atom is 0.534 e. The molecule has 12 heteroatoms. The van der Waals surface area contributed by atoms with Crippen LogP contribution in [0.15, 0.2) is 18.3 Å². The second-order valence-electron chi connectivity index (χ2n) is 5.16. The van der Waals surface area contributed by atoms with E-state index in [9.17, 15) is 21.6 Å². The lowest BCUT2D eigenvalue weighted by molar-refractivity contribution is -0.0500. The van der Waals surface area contributed by atoms with Crippen molar-refractivity contribution in [3.8, 4) is 17.4 Å². The van der Waals surface area contributed by atoms with Gasteiger partial charge in [-0.05, 0) is 31.5 Å². The van der Waals surface area contributed by atoms with Gasteiger partial charge in [0.25, 0.3) is 0 Å². The predicted molar refractivity (Wildman–Crippen MR) is 90.7 cm³/mol. The van der Waals surface area contributed by atoms with E-state index in [0.717, 1.165) is 4.88 Å². The summed E-state index contributed by atoms with van der Waals surface area (Å²) in [5.74, 6) is -0.806. The smallest absolute Gasteiger partial charge is 0.354 e. The molecule has 0 fully saturated rings. The minimum absolute atomic E-state index is 0.103. The lowest BCUT2D eigenvalue weighted by Gasteiger charge is -2.11. The molecule has 0 atom stereocenters. The Hall–Kier alpha value is -1.98. The van der Waals surface area contributed by atoms with Crippen molar-refractivity contribution < 1.29 is 25.8 Å². The highest BCUT2D eigenvalue weighted by atomic mass is 35.5. The first kappa shape index (κ1) is 18.8. The van der Waals surface area contributed by atoms with Crippen molar-refractivity contribution >= 4 is 43.3 Å². The van der Waals surface area contributed by atoms with Crippen LogP contribution in [0, 0.1) is 13.8 Å². The molecule has 26 heavy (non-hydrogen) atoms. The first-order chi connectivity index (χ1) is 12.0. The van der Waals surface area contributed by atoms with Crippen LogP contribution in [0.4, 0.5) is 13.2 Å². The highest BCUT2D eigenvalue weighted by Gasteiger charge is 2.49. The second kappa shape index (κ2) is 6.32. The van der Waals surface area contributed by atoms with Gasteiger partial charge in [0.15, 0.2) is 5.82 Å². The molecule has 3 aromatic rings. The van der Waals surface area contributed by atoms with Gasteiger partial charge in [0.2, 0.25) is 5.88 Å². The van der Waals surface area contributed by atoms with Gasteiger partial charge in [0.1, 0.15) is 10.5 Å². The summed E-state index contributed by atoms with van der Waals surface area (Å²) < 4.78 is 65.3. The molecule has 0 bridgehead atoms. The zero-order valence-corrected chi connectivity index (χ0v) is 15.5. The Kier molecular flexibility index (Phi) is 4.57. The molecule has 0 aliphatic rings. The molecule has 0 unspecified atom stereocenters. The van der Waals surface area contributed by atoms with E-state index in [2.05, 4.69) is 19.1 Å². The van der Waals surface area contributed by atoms with E-state index in [4.69, 9.17) is 11.6 Å². The number of thiophene rings is 1. The summed E-state index contributed by atoms with van der Waals surface area (Å²) in [5.41, 5.74) is -4.89. The van der Waals surface area contributed by atoms with Crippen LogP contribution in [0.2, 0.25) is 5.02 Å². The minimum atomic E-state index is -5.89. The van der Waals surface area contributed by atoms with Gasteiger partial charge in [-0.3, -0.25) is 4.98 Å². The van der Waals surface area contributed by atoms with Crippen LogP contribution in [0.25, 0.3) is 21.7 Å². The van der Waals surface area contributed by atoms with Gasteiger partial charge in [-0.25, -0.2) is 4.98 Å². The van der Waals surface area contributed by atoms with Gasteiger partial charge in [-0.2, -0.15) is 26.6 Å². The quantitative estimate of drug-likeness (QED) is 0.462. The molecular weight excluding hydrogens is 415 g/mol. The third-order valence-corrected chi connectivity index (χ3v) is 5.70. The zero-order chi connectivity index (χ0) is 19.3. The highest BCUT2D eigenvalue weighted by molar-refractivity contribution is 7.88. The molecular formula is C14H9ClF3N3O3S2. The van der Waals surface area contributed by atoms with Gasteiger partial charge in [-0.1, -0.05) is 11.6 Å². The maximum atomic E-state index is 12.7. The lowest BCUT2D eigenvalue weighted by Crippen LogP contribution is -2.28. The summed E-state index contributed by atoms with van der Waals surface area (Å²) in [5, 5.41) is 0.411. The molecule has 0 N–H and O–H groups in total. The monoisotopic (exact) mass is 423 g/mol. The van der Waals surface area contributed by atoms with Crippen molar-refractivity contribution in [1.82, 2.24) is 15.0 Å². The standard InChI is InChI=1S/C14H9ClF3N3O3S2/c1-6-7(2)25-13-10(6)12(24-26(22,23)14(16,17)18)20-11(21-13)9-5-8(15)3-4-19-9/h3-5H,1-2H3. The molecule has 0 amide bonds. The molecule has 0 aromatic carbocycles. The number of nitrogens with zero attached hydrogens (tertiary/aromatic N) is 3. The fraction of sp³-hybridized carbons (Fsp3) is 0.214. The van der Waals surface area contributed by atoms with Crippen LogP contribution >= 0.6 is 22.9 Å². The normalized spacial score (nSPS) is 12.5. The van der Waals surface area contributed by atoms with Gasteiger partial charge >= 0.3 is 15.6 Å². The van der Waals surface area contributed by atoms with Gasteiger partial charge < -0.3 is 4.18 Å². The lowest BCUT2D eigenvalue weighted by atomic mass is 10.2. The SMILES string of the molecule is Cc1sc2nc(-c3cc(Cl)ccn3)nc(OS(=O)(=O)C(F)(F)F)c2c1C. The van der Waals surface area contributed by atoms with E-state index >= 15 is 0 Å². The maximum absolute atomic E-state index is 12.7. The minimum Gasteiger partial charge on any atom is -0.354 e. The van der Waals surface area contributed by atoms with Crippen molar-refractivity contribution in [3.05, 3.63) is 33.8 Å². The van der Waals surface area contributed by atoms with Gasteiger partial charge in [0.05, 0.1) is 5.39 Å². The molecule has 3 rings (SSSR count). The number of alkyl halides is 3. The summed E-state index contributed by atoms with van der Waals surface area (Å²) in [6.45, 7) is 3.34. The topological polar surface area (TPSA) is 82.0 Å². The average Bonchev–Trinajstić information content (AvgIpc) is 2.80. The van der Waals surface area contributed by atoms with Crippen molar-refractivity contribution in [2.45, 2.75) is 19.4 Å². The van der Waals surface area contributed by atoms with E-state index in [1.165, 1.54) is 29.7 Å². The molecule has 138 valence electrons. The van der Waals surface area contributed by atoms with E-state index in [0.29, 0.717) is 10.6 Å². The first-order valence-corrected chi connectivity index (χ1v) is 9.50. The van der Waals surface area contributed by atoms with Gasteiger partial charge in [0, 0.05) is 16.1 Å². The molecule has 6 nitrogen and oxygen atoms in total. The van der Waals surface area contributed by atoms with Crippen LogP contribution in [0.3, 0.4) is 0 Å². The molecule has 0 radical (unpaired) electrons. The van der Waals surface area contributed by atoms with Gasteiger partial charge in [-0.15, -0.1) is 11.3 Å². The van der Waals surface area contributed by atoms with Crippen LogP contribution in [-0.2, 0) is 10.1 Å². The fourth-order valence-corrected chi connectivity index (χ4v) is 3.67. The van der Waals surface area contributed by atoms with E-state index in [1.807, 2.05) is 0 Å². The molecule has 0 aliphatic heterocycles. The van der Waals surface area contributed by atoms with Crippen LogP contribution in [-0.4, -0.2) is 28.9 Å². The number of hydrogen-bond acceptors (Lipinski definition) is 7. The Morgan fingerprint density at radius 2 is 1.92 bits per heavy atom. The Bertz CT molecular complexity index is 1110. The van der Waals surface area contributed by atoms with Crippen LogP contribution in [0.1, 0.15) is 10.4 Å². The number of halogens is 4. The number of aromatic nitrogens is 3. The Balaban J connectivity index is 2.26. The second-order valence-corrected chi connectivity index (χ2v) is 8.34. The molecule has 3 heterocycles. The van der Waals surface area contributed by atoms with Crippen LogP contribution in [0.5, 0.6) is 5.88 Å². The highest BCUT2D eigenvalue weighted by Crippen LogP contribution is 2.38. The van der Waals surface area contributed by atoms with E-state index in [1.54, 1.807) is 13.8 Å². The number of hydrogen-bond donors (Lipinski definition) is 0. The zero-order valence-electron chi connectivity index (χ0n) is 13.1. The molecule has 0 saturated carbocycles. The van der Waals surface area contributed by atoms with Crippen molar-refractivity contribution in [1.29, 1.82) is 0 Å². The fourth-order valence-electron chi connectivity index (χ4n) is 2.07. The Labute approximate surface area is 154 Å². The molecule has 0 saturated heterocycles. The molecule has 0 spiro atoms. The number of fused-ring (bicyclic) bond motifs is 1. The van der Waals surface area contributed by atoms with Crippen molar-refractivity contribution in [3.63, 3.8) is 0 Å². The van der Waals surface area contributed by atoms with E-state index < -0.39 is 21.5 Å². The molecule has 0 aliphatic carbocycles. The number of aryl methyl sites for hydroxylation is 2. The Morgan fingerprint density at radius 3 is 2.54 bits per heavy atom. The van der Waals surface area contributed by atoms with Crippen molar-refractivity contribution in [2.24, 2.45) is 0 Å². The van der Waals surface area contributed by atoms with E-state index in [-0.39, 0.29) is 21.7 Å². The van der Waals surface area contributed by atoms with Crippen molar-refractivity contribution in [2.75, 3.05) is 0 Å². The summed E-state index contributed by atoms with van der Waals surface area (Å²) in [4.78, 5) is 13.1. The number of rotatable bonds is 3. The summed E-state index contributed by atoms with van der Waals surface area (Å²) in [7, 11) is -5.89. The third-order valence-electron chi connectivity index (χ3n) is 3.42. The predicted octanol–water partition coefficient (Wildman–Crippen LogP) is 4.25. The third kappa shape index (κ3) is 3.33. The summed E-state index contributed by atoms with van der Waals surface area (Å²) in [6.07, 6.45) is 1.36. The molecule has 3 aromatic heterocycles.